The minimum atomic E-state index is -0.400. The average Bonchev–Trinajstić information content (AvgIpc) is 2.45. The molecule has 20 heavy (non-hydrogen) atoms. The molecule has 0 aliphatic carbocycles. The molecular formula is C15H19FN2O2. The van der Waals surface area contributed by atoms with Gasteiger partial charge in [-0.3, -0.25) is 4.79 Å². The number of nitrogens with zero attached hydrogens (tertiary/aromatic N) is 1. The summed E-state index contributed by atoms with van der Waals surface area (Å²) in [6.45, 7) is 0.926. The van der Waals surface area contributed by atoms with Crippen molar-refractivity contribution in [1.29, 1.82) is 0 Å². The van der Waals surface area contributed by atoms with E-state index in [0.717, 1.165) is 5.56 Å². The van der Waals surface area contributed by atoms with Gasteiger partial charge in [0.15, 0.2) is 0 Å². The third-order valence-corrected chi connectivity index (χ3v) is 2.78. The number of amides is 1. The van der Waals surface area contributed by atoms with Gasteiger partial charge in [-0.25, -0.2) is 4.39 Å². The molecule has 2 N–H and O–H groups in total. The summed E-state index contributed by atoms with van der Waals surface area (Å²) in [5.74, 6) is 4.60. The van der Waals surface area contributed by atoms with Crippen LogP contribution >= 0.6 is 0 Å². The second-order valence-electron chi connectivity index (χ2n) is 4.44. The maximum absolute atomic E-state index is 13.5. The van der Waals surface area contributed by atoms with Crippen LogP contribution in [-0.4, -0.2) is 43.2 Å². The van der Waals surface area contributed by atoms with Crippen LogP contribution in [0.2, 0.25) is 0 Å². The van der Waals surface area contributed by atoms with Crippen LogP contribution in [0.3, 0.4) is 0 Å². The average molecular weight is 278 g/mol. The summed E-state index contributed by atoms with van der Waals surface area (Å²) >= 11 is 0. The van der Waals surface area contributed by atoms with Crippen LogP contribution in [0.4, 0.5) is 4.39 Å². The standard InChI is InChI=1S/C15H19FN2O2/c1-17-15(20)7-8-18(2)11-12-5-6-14(16)13(10-12)4-3-9-19/h5-6,10,19H,7-9,11H2,1-2H3,(H,17,20). The third kappa shape index (κ3) is 5.39. The molecule has 0 unspecified atom stereocenters. The number of aliphatic hydroxyl groups excluding tert-OH is 1. The third-order valence-electron chi connectivity index (χ3n) is 2.78. The van der Waals surface area contributed by atoms with Gasteiger partial charge in [0.25, 0.3) is 0 Å². The summed E-state index contributed by atoms with van der Waals surface area (Å²) in [7, 11) is 3.50. The quantitative estimate of drug-likeness (QED) is 0.781. The number of halogens is 1. The van der Waals surface area contributed by atoms with Crippen molar-refractivity contribution in [3.05, 3.63) is 35.1 Å². The van der Waals surface area contributed by atoms with Crippen molar-refractivity contribution < 1.29 is 14.3 Å². The van der Waals surface area contributed by atoms with E-state index in [1.165, 1.54) is 6.07 Å². The molecule has 108 valence electrons. The van der Waals surface area contributed by atoms with E-state index in [4.69, 9.17) is 5.11 Å². The Balaban J connectivity index is 2.65. The first kappa shape index (κ1) is 16.2. The van der Waals surface area contributed by atoms with E-state index >= 15 is 0 Å². The van der Waals surface area contributed by atoms with Crippen LogP contribution in [0.5, 0.6) is 0 Å². The van der Waals surface area contributed by atoms with Crippen molar-refractivity contribution in [3.8, 4) is 11.8 Å². The summed E-state index contributed by atoms with van der Waals surface area (Å²) < 4.78 is 13.5. The van der Waals surface area contributed by atoms with E-state index in [2.05, 4.69) is 17.2 Å². The van der Waals surface area contributed by atoms with Gasteiger partial charge in [0.2, 0.25) is 5.91 Å². The SMILES string of the molecule is CNC(=O)CCN(C)Cc1ccc(F)c(C#CCO)c1. The second kappa shape index (κ2) is 8.31. The zero-order valence-electron chi connectivity index (χ0n) is 11.7. The molecule has 0 heterocycles. The molecule has 0 bridgehead atoms. The van der Waals surface area contributed by atoms with E-state index < -0.39 is 5.82 Å². The van der Waals surface area contributed by atoms with Crippen LogP contribution in [0.25, 0.3) is 0 Å². The van der Waals surface area contributed by atoms with Gasteiger partial charge in [-0.05, 0) is 24.7 Å². The molecule has 0 radical (unpaired) electrons. The van der Waals surface area contributed by atoms with Gasteiger partial charge in [-0.1, -0.05) is 17.9 Å². The Kier molecular flexibility index (Phi) is 6.71. The molecule has 0 fully saturated rings. The van der Waals surface area contributed by atoms with Gasteiger partial charge in [0, 0.05) is 26.6 Å². The Labute approximate surface area is 118 Å². The lowest BCUT2D eigenvalue weighted by Crippen LogP contribution is -2.26. The Morgan fingerprint density at radius 1 is 1.50 bits per heavy atom. The van der Waals surface area contributed by atoms with Crippen molar-refractivity contribution in [2.24, 2.45) is 0 Å². The first-order chi connectivity index (χ1) is 9.56. The number of benzene rings is 1. The molecule has 1 aromatic carbocycles. The van der Waals surface area contributed by atoms with Crippen molar-refractivity contribution >= 4 is 5.91 Å². The van der Waals surface area contributed by atoms with Crippen LogP contribution in [0, 0.1) is 17.7 Å². The molecule has 1 amide bonds. The predicted molar refractivity (Wildman–Crippen MR) is 75.4 cm³/mol. The maximum atomic E-state index is 13.5. The number of hydrogen-bond acceptors (Lipinski definition) is 3. The lowest BCUT2D eigenvalue weighted by atomic mass is 10.1. The highest BCUT2D eigenvalue weighted by Gasteiger charge is 2.06. The largest absolute Gasteiger partial charge is 0.384 e. The number of carbonyl (C=O) groups is 1. The van der Waals surface area contributed by atoms with Crippen molar-refractivity contribution in [2.75, 3.05) is 27.2 Å². The zero-order valence-corrected chi connectivity index (χ0v) is 11.7. The molecule has 0 aliphatic rings. The second-order valence-corrected chi connectivity index (χ2v) is 4.44. The Morgan fingerprint density at radius 2 is 2.25 bits per heavy atom. The highest BCUT2D eigenvalue weighted by Crippen LogP contribution is 2.11. The molecule has 0 atom stereocenters. The van der Waals surface area contributed by atoms with E-state index in [1.807, 2.05) is 11.9 Å². The summed E-state index contributed by atoms with van der Waals surface area (Å²) in [6.07, 6.45) is 0.422. The van der Waals surface area contributed by atoms with E-state index in [0.29, 0.717) is 19.5 Å². The van der Waals surface area contributed by atoms with Crippen LogP contribution in [-0.2, 0) is 11.3 Å². The van der Waals surface area contributed by atoms with Gasteiger partial charge in [-0.15, -0.1) is 0 Å². The van der Waals surface area contributed by atoms with Gasteiger partial charge < -0.3 is 15.3 Å². The molecule has 0 saturated heterocycles. The summed E-state index contributed by atoms with van der Waals surface area (Å²) in [6, 6.07) is 4.72. The van der Waals surface area contributed by atoms with Crippen LogP contribution in [0.1, 0.15) is 17.5 Å². The smallest absolute Gasteiger partial charge is 0.221 e. The fraction of sp³-hybridized carbons (Fsp3) is 0.400. The number of rotatable bonds is 5. The van der Waals surface area contributed by atoms with Crippen LogP contribution in [0.15, 0.2) is 18.2 Å². The molecule has 0 aliphatic heterocycles. The number of hydrogen-bond donors (Lipinski definition) is 2. The van der Waals surface area contributed by atoms with Gasteiger partial charge in [0.1, 0.15) is 12.4 Å². The molecule has 1 aromatic rings. The highest BCUT2D eigenvalue weighted by molar-refractivity contribution is 5.75. The number of carbonyl (C=O) groups excluding carboxylic acids is 1. The lowest BCUT2D eigenvalue weighted by molar-refractivity contribution is -0.120. The van der Waals surface area contributed by atoms with Crippen molar-refractivity contribution in [2.45, 2.75) is 13.0 Å². The highest BCUT2D eigenvalue weighted by atomic mass is 19.1. The predicted octanol–water partition coefficient (Wildman–Crippen LogP) is 0.737. The summed E-state index contributed by atoms with van der Waals surface area (Å²) in [5, 5.41) is 11.2. The molecule has 0 spiro atoms. The van der Waals surface area contributed by atoms with E-state index in [-0.39, 0.29) is 18.1 Å². The summed E-state index contributed by atoms with van der Waals surface area (Å²) in [5.41, 5.74) is 1.18. The fourth-order valence-electron chi connectivity index (χ4n) is 1.71. The fourth-order valence-corrected chi connectivity index (χ4v) is 1.71. The normalized spacial score (nSPS) is 10.1. The number of aliphatic hydroxyl groups is 1. The Hall–Kier alpha value is -1.90. The van der Waals surface area contributed by atoms with Gasteiger partial charge in [-0.2, -0.15) is 0 Å². The Morgan fingerprint density at radius 3 is 2.90 bits per heavy atom. The van der Waals surface area contributed by atoms with Gasteiger partial charge >= 0.3 is 0 Å². The van der Waals surface area contributed by atoms with E-state index in [9.17, 15) is 9.18 Å². The first-order valence-corrected chi connectivity index (χ1v) is 6.34. The van der Waals surface area contributed by atoms with Crippen LogP contribution < -0.4 is 5.32 Å². The van der Waals surface area contributed by atoms with E-state index in [1.54, 1.807) is 19.2 Å². The maximum Gasteiger partial charge on any atom is 0.221 e. The summed E-state index contributed by atoms with van der Waals surface area (Å²) in [4.78, 5) is 13.1. The number of nitrogens with one attached hydrogen (secondary N) is 1. The van der Waals surface area contributed by atoms with Crippen molar-refractivity contribution in [3.63, 3.8) is 0 Å². The molecule has 4 nitrogen and oxygen atoms in total. The van der Waals surface area contributed by atoms with Gasteiger partial charge in [0.05, 0.1) is 5.56 Å². The molecule has 0 saturated carbocycles. The first-order valence-electron chi connectivity index (χ1n) is 6.34. The lowest BCUT2D eigenvalue weighted by Gasteiger charge is -2.16. The molecule has 5 heteroatoms. The monoisotopic (exact) mass is 278 g/mol. The topological polar surface area (TPSA) is 52.6 Å². The molecule has 1 rings (SSSR count). The van der Waals surface area contributed by atoms with Crippen molar-refractivity contribution in [1.82, 2.24) is 10.2 Å². The Bertz CT molecular complexity index is 520. The zero-order chi connectivity index (χ0) is 15.0. The minimum Gasteiger partial charge on any atom is -0.384 e. The molecular weight excluding hydrogens is 259 g/mol. The minimum absolute atomic E-state index is 0.00884. The molecule has 0 aromatic heterocycles.